The van der Waals surface area contributed by atoms with Crippen LogP contribution in [-0.4, -0.2) is 17.4 Å². The number of Topliss-reactive ketones (excluding diaryl/α,β-unsaturated/α-hetero) is 1. The third kappa shape index (κ3) is 5.66. The second kappa shape index (κ2) is 6.97. The molecule has 1 aliphatic carbocycles. The highest BCUT2D eigenvalue weighted by molar-refractivity contribution is 5.82. The molecule has 1 saturated carbocycles. The second-order valence-electron chi connectivity index (χ2n) is 6.50. The Morgan fingerprint density at radius 3 is 2.26 bits per heavy atom. The molecular weight excluding hydrogens is 238 g/mol. The van der Waals surface area contributed by atoms with Crippen molar-refractivity contribution in [2.45, 2.75) is 78.4 Å². The van der Waals surface area contributed by atoms with Gasteiger partial charge < -0.3 is 10.1 Å². The van der Waals surface area contributed by atoms with Crippen molar-refractivity contribution in [2.75, 3.05) is 0 Å². The SMILES string of the molecule is C/C=C(/NC(C(C)=O)C1CCCCC1)OC(C)(C)C. The maximum Gasteiger partial charge on any atom is 0.183 e. The van der Waals surface area contributed by atoms with Crippen molar-refractivity contribution in [1.82, 2.24) is 5.32 Å². The van der Waals surface area contributed by atoms with Crippen molar-refractivity contribution >= 4 is 5.78 Å². The van der Waals surface area contributed by atoms with Crippen LogP contribution in [0.4, 0.5) is 0 Å². The summed E-state index contributed by atoms with van der Waals surface area (Å²) in [6, 6.07) is -0.103. The van der Waals surface area contributed by atoms with Gasteiger partial charge >= 0.3 is 0 Å². The van der Waals surface area contributed by atoms with Gasteiger partial charge in [0.1, 0.15) is 5.60 Å². The predicted molar refractivity (Wildman–Crippen MR) is 78.8 cm³/mol. The molecule has 1 fully saturated rings. The lowest BCUT2D eigenvalue weighted by Gasteiger charge is -2.32. The summed E-state index contributed by atoms with van der Waals surface area (Å²) in [5.74, 6) is 1.38. The Labute approximate surface area is 117 Å². The van der Waals surface area contributed by atoms with Crippen LogP contribution in [0.25, 0.3) is 0 Å². The third-order valence-electron chi connectivity index (χ3n) is 3.54. The van der Waals surface area contributed by atoms with E-state index in [9.17, 15) is 4.79 Å². The van der Waals surface area contributed by atoms with Crippen LogP contribution in [0.2, 0.25) is 0 Å². The zero-order chi connectivity index (χ0) is 14.5. The molecule has 0 aromatic heterocycles. The molecule has 0 aromatic carbocycles. The highest BCUT2D eigenvalue weighted by Crippen LogP contribution is 2.27. The summed E-state index contributed by atoms with van der Waals surface area (Å²) < 4.78 is 5.86. The molecular formula is C16H29NO2. The first kappa shape index (κ1) is 16.1. The number of rotatable bonds is 5. The summed E-state index contributed by atoms with van der Waals surface area (Å²) >= 11 is 0. The summed E-state index contributed by atoms with van der Waals surface area (Å²) in [6.07, 6.45) is 7.97. The number of hydrogen-bond acceptors (Lipinski definition) is 3. The van der Waals surface area contributed by atoms with Crippen molar-refractivity contribution in [2.24, 2.45) is 5.92 Å². The molecule has 110 valence electrons. The smallest absolute Gasteiger partial charge is 0.183 e. The van der Waals surface area contributed by atoms with E-state index in [1.807, 2.05) is 33.8 Å². The maximum absolute atomic E-state index is 11.9. The topological polar surface area (TPSA) is 38.3 Å². The zero-order valence-corrected chi connectivity index (χ0v) is 13.1. The molecule has 1 N–H and O–H groups in total. The first-order chi connectivity index (χ1) is 8.83. The Hall–Kier alpha value is -0.990. The summed E-state index contributed by atoms with van der Waals surface area (Å²) in [4.78, 5) is 11.9. The second-order valence-corrected chi connectivity index (χ2v) is 6.50. The number of ether oxygens (including phenoxy) is 1. The monoisotopic (exact) mass is 267 g/mol. The Morgan fingerprint density at radius 2 is 1.84 bits per heavy atom. The van der Waals surface area contributed by atoms with Gasteiger partial charge in [0.25, 0.3) is 0 Å². The first-order valence-corrected chi connectivity index (χ1v) is 7.46. The minimum Gasteiger partial charge on any atom is -0.474 e. The minimum atomic E-state index is -0.247. The van der Waals surface area contributed by atoms with Gasteiger partial charge in [-0.05, 0) is 59.5 Å². The van der Waals surface area contributed by atoms with Crippen LogP contribution < -0.4 is 5.32 Å². The average molecular weight is 267 g/mol. The summed E-state index contributed by atoms with van der Waals surface area (Å²) in [7, 11) is 0. The number of nitrogens with one attached hydrogen (secondary N) is 1. The zero-order valence-electron chi connectivity index (χ0n) is 13.1. The van der Waals surface area contributed by atoms with Gasteiger partial charge in [-0.1, -0.05) is 19.3 Å². The maximum atomic E-state index is 11.9. The molecule has 0 amide bonds. The fraction of sp³-hybridized carbons (Fsp3) is 0.812. The van der Waals surface area contributed by atoms with Gasteiger partial charge in [0.05, 0.1) is 6.04 Å². The van der Waals surface area contributed by atoms with Gasteiger partial charge in [-0.15, -0.1) is 0 Å². The van der Waals surface area contributed by atoms with E-state index in [1.165, 1.54) is 19.3 Å². The molecule has 0 bridgehead atoms. The van der Waals surface area contributed by atoms with E-state index in [1.54, 1.807) is 6.92 Å². The molecule has 1 aliphatic rings. The third-order valence-corrected chi connectivity index (χ3v) is 3.54. The molecule has 19 heavy (non-hydrogen) atoms. The first-order valence-electron chi connectivity index (χ1n) is 7.46. The minimum absolute atomic E-state index is 0.103. The van der Waals surface area contributed by atoms with Crippen molar-refractivity contribution in [3.8, 4) is 0 Å². The molecule has 1 unspecified atom stereocenters. The van der Waals surface area contributed by atoms with Crippen molar-refractivity contribution in [3.05, 3.63) is 12.0 Å². The van der Waals surface area contributed by atoms with Crippen LogP contribution in [-0.2, 0) is 9.53 Å². The number of carbonyl (C=O) groups excluding carboxylic acids is 1. The fourth-order valence-corrected chi connectivity index (χ4v) is 2.67. The van der Waals surface area contributed by atoms with Crippen LogP contribution in [0.5, 0.6) is 0 Å². The van der Waals surface area contributed by atoms with Crippen LogP contribution in [0.3, 0.4) is 0 Å². The van der Waals surface area contributed by atoms with Crippen LogP contribution in [0.1, 0.15) is 66.7 Å². The normalized spacial score (nSPS) is 19.9. The molecule has 1 rings (SSSR count). The number of ketones is 1. The van der Waals surface area contributed by atoms with E-state index in [0.717, 1.165) is 18.7 Å². The molecule has 3 nitrogen and oxygen atoms in total. The fourth-order valence-electron chi connectivity index (χ4n) is 2.67. The molecule has 1 atom stereocenters. The van der Waals surface area contributed by atoms with Crippen molar-refractivity contribution in [1.29, 1.82) is 0 Å². The molecule has 0 aliphatic heterocycles. The Kier molecular flexibility index (Phi) is 5.89. The molecule has 3 heteroatoms. The molecule has 0 spiro atoms. The van der Waals surface area contributed by atoms with Crippen LogP contribution in [0, 0.1) is 5.92 Å². The van der Waals surface area contributed by atoms with Crippen molar-refractivity contribution < 1.29 is 9.53 Å². The number of carbonyl (C=O) groups is 1. The van der Waals surface area contributed by atoms with Crippen LogP contribution in [0.15, 0.2) is 12.0 Å². The van der Waals surface area contributed by atoms with E-state index in [-0.39, 0.29) is 17.4 Å². The average Bonchev–Trinajstić information content (AvgIpc) is 2.33. The van der Waals surface area contributed by atoms with Gasteiger partial charge in [0, 0.05) is 0 Å². The Balaban J connectivity index is 2.68. The highest BCUT2D eigenvalue weighted by Gasteiger charge is 2.28. The van der Waals surface area contributed by atoms with E-state index < -0.39 is 0 Å². The Morgan fingerprint density at radius 1 is 1.26 bits per heavy atom. The standard InChI is InChI=1S/C16H29NO2/c1-6-14(19-16(3,4)5)17-15(12(2)18)13-10-8-7-9-11-13/h6,13,15,17H,7-11H2,1-5H3/b14-6-. The van der Waals surface area contributed by atoms with Gasteiger partial charge in [0.2, 0.25) is 0 Å². The highest BCUT2D eigenvalue weighted by atomic mass is 16.5. The van der Waals surface area contributed by atoms with Crippen molar-refractivity contribution in [3.63, 3.8) is 0 Å². The summed E-state index contributed by atoms with van der Waals surface area (Å²) in [5, 5.41) is 3.32. The van der Waals surface area contributed by atoms with Gasteiger partial charge in [-0.2, -0.15) is 0 Å². The largest absolute Gasteiger partial charge is 0.474 e. The number of hydrogen-bond donors (Lipinski definition) is 1. The molecule has 0 saturated heterocycles. The lowest BCUT2D eigenvalue weighted by Crippen LogP contribution is -2.43. The lowest BCUT2D eigenvalue weighted by atomic mass is 9.82. The van der Waals surface area contributed by atoms with Gasteiger partial charge in [-0.3, -0.25) is 4.79 Å². The molecule has 0 radical (unpaired) electrons. The van der Waals surface area contributed by atoms with E-state index in [2.05, 4.69) is 5.32 Å². The summed E-state index contributed by atoms with van der Waals surface area (Å²) in [6.45, 7) is 9.66. The Bertz CT molecular complexity index is 322. The van der Waals surface area contributed by atoms with E-state index in [4.69, 9.17) is 4.74 Å². The molecule has 0 aromatic rings. The van der Waals surface area contributed by atoms with Crippen LogP contribution >= 0.6 is 0 Å². The van der Waals surface area contributed by atoms with Gasteiger partial charge in [-0.25, -0.2) is 0 Å². The quantitative estimate of drug-likeness (QED) is 0.770. The van der Waals surface area contributed by atoms with E-state index >= 15 is 0 Å². The van der Waals surface area contributed by atoms with E-state index in [0.29, 0.717) is 5.92 Å². The number of allylic oxidation sites excluding steroid dienone is 1. The summed E-state index contributed by atoms with van der Waals surface area (Å²) in [5.41, 5.74) is -0.247. The lowest BCUT2D eigenvalue weighted by molar-refractivity contribution is -0.121. The van der Waals surface area contributed by atoms with Gasteiger partial charge in [0.15, 0.2) is 11.7 Å². The predicted octanol–water partition coefficient (Wildman–Crippen LogP) is 3.79. The molecule has 0 heterocycles.